The predicted octanol–water partition coefficient (Wildman–Crippen LogP) is 14.7. The molecule has 0 amide bonds. The Bertz CT molecular complexity index is 1410. The third-order valence-electron chi connectivity index (χ3n) is 12.5. The van der Waals surface area contributed by atoms with Crippen LogP contribution in [0.5, 0.6) is 0 Å². The Morgan fingerprint density at radius 3 is 0.969 bits per heavy atom. The molecule has 0 aliphatic heterocycles. The van der Waals surface area contributed by atoms with Gasteiger partial charge in [0.15, 0.2) is 0 Å². The second-order valence-corrected chi connectivity index (χ2v) is 19.9. The fourth-order valence-corrected chi connectivity index (χ4v) is 8.83. The van der Waals surface area contributed by atoms with Crippen molar-refractivity contribution in [1.29, 1.82) is 0 Å². The van der Waals surface area contributed by atoms with Gasteiger partial charge in [-0.05, 0) is 82.4 Å². The van der Waals surface area contributed by atoms with Gasteiger partial charge in [0.2, 0.25) is 0 Å². The molecule has 1 rings (SSSR count). The van der Waals surface area contributed by atoms with E-state index in [1.807, 2.05) is 0 Å². The SMILES string of the molecule is CCCCCC/C=C/CCCCCCCCCCCCCCCCOC(=O)c1ccc(S(=O)(=O)[O-])cc1C(=O)OCCCCCCCCCCCCCCCC/C=C/CCCCCC.[Na+]. The number of carbonyl (C=O) groups is 2. The quantitative estimate of drug-likeness (QED) is 0.0210. The molecule has 0 aliphatic carbocycles. The zero-order valence-electron chi connectivity index (χ0n) is 42.5. The molecule has 0 unspecified atom stereocenters. The summed E-state index contributed by atoms with van der Waals surface area (Å²) in [6.45, 7) is 4.90. The molecule has 0 atom stereocenters. The van der Waals surface area contributed by atoms with Gasteiger partial charge in [-0.25, -0.2) is 18.0 Å². The Labute approximate surface area is 423 Å². The Balaban J connectivity index is 0.0000410. The van der Waals surface area contributed by atoms with E-state index in [1.165, 1.54) is 218 Å². The summed E-state index contributed by atoms with van der Waals surface area (Å²) in [6.07, 6.45) is 59.4. The summed E-state index contributed by atoms with van der Waals surface area (Å²) in [7, 11) is -4.82. The van der Waals surface area contributed by atoms with Gasteiger partial charge < -0.3 is 14.0 Å². The summed E-state index contributed by atoms with van der Waals surface area (Å²) < 4.78 is 46.0. The zero-order chi connectivity index (χ0) is 46.4. The molecule has 0 N–H and O–H groups in total. The van der Waals surface area contributed by atoms with Crippen molar-refractivity contribution >= 4 is 22.1 Å². The Morgan fingerprint density at radius 1 is 0.415 bits per heavy atom. The van der Waals surface area contributed by atoms with Crippen LogP contribution in [0.25, 0.3) is 0 Å². The smallest absolute Gasteiger partial charge is 0.744 e. The largest absolute Gasteiger partial charge is 1.00 e. The number of allylic oxidation sites excluding steroid dienone is 4. The van der Waals surface area contributed by atoms with Gasteiger partial charge >= 0.3 is 41.5 Å². The fourth-order valence-electron chi connectivity index (χ4n) is 8.33. The second-order valence-electron chi connectivity index (χ2n) is 18.6. The first-order valence-corrected chi connectivity index (χ1v) is 28.5. The summed E-state index contributed by atoms with van der Waals surface area (Å²) in [6, 6.07) is 3.16. The van der Waals surface area contributed by atoms with Gasteiger partial charge in [0.1, 0.15) is 10.1 Å². The third kappa shape index (κ3) is 40.2. The molecule has 1 aromatic rings. The van der Waals surface area contributed by atoms with Crippen molar-refractivity contribution in [3.8, 4) is 0 Å². The Kier molecular flexibility index (Phi) is 46.5. The average Bonchev–Trinajstić information content (AvgIpc) is 3.28. The zero-order valence-corrected chi connectivity index (χ0v) is 45.3. The van der Waals surface area contributed by atoms with Gasteiger partial charge in [-0.15, -0.1) is 0 Å². The number of rotatable bonds is 47. The molecule has 0 radical (unpaired) electrons. The summed E-state index contributed by atoms with van der Waals surface area (Å²) in [5, 5.41) is 0. The molecule has 0 aliphatic rings. The molecular weight excluding hydrogens is 840 g/mol. The van der Waals surface area contributed by atoms with Crippen molar-refractivity contribution in [3.05, 3.63) is 53.6 Å². The van der Waals surface area contributed by atoms with Gasteiger partial charge in [-0.3, -0.25) is 0 Å². The Morgan fingerprint density at radius 2 is 0.677 bits per heavy atom. The maximum atomic E-state index is 13.0. The van der Waals surface area contributed by atoms with E-state index in [9.17, 15) is 22.6 Å². The molecule has 0 fully saturated rings. The molecule has 0 saturated heterocycles. The number of carbonyl (C=O) groups excluding carboxylic acids is 2. The van der Waals surface area contributed by atoms with Crippen LogP contribution >= 0.6 is 0 Å². The van der Waals surface area contributed by atoms with Gasteiger partial charge in [0, 0.05) is 0 Å². The van der Waals surface area contributed by atoms with Gasteiger partial charge in [0.25, 0.3) is 0 Å². The summed E-state index contributed by atoms with van der Waals surface area (Å²) >= 11 is 0. The molecule has 0 bridgehead atoms. The third-order valence-corrected chi connectivity index (χ3v) is 13.3. The molecule has 1 aromatic carbocycles. The summed E-state index contributed by atoms with van der Waals surface area (Å²) in [5.74, 6) is -1.54. The van der Waals surface area contributed by atoms with Crippen LogP contribution in [0.4, 0.5) is 0 Å². The minimum atomic E-state index is -4.82. The molecule has 0 aromatic heterocycles. The van der Waals surface area contributed by atoms with Gasteiger partial charge in [-0.1, -0.05) is 231 Å². The topological polar surface area (TPSA) is 110 Å². The average molecular weight is 937 g/mol. The first-order valence-electron chi connectivity index (χ1n) is 27.0. The van der Waals surface area contributed by atoms with Crippen molar-refractivity contribution in [2.24, 2.45) is 0 Å². The minimum absolute atomic E-state index is 0. The first kappa shape index (κ1) is 63.5. The van der Waals surface area contributed by atoms with Crippen molar-refractivity contribution in [2.45, 2.75) is 276 Å². The molecule has 0 heterocycles. The van der Waals surface area contributed by atoms with Crippen molar-refractivity contribution in [3.63, 3.8) is 0 Å². The van der Waals surface area contributed by atoms with Crippen LogP contribution in [0.1, 0.15) is 291 Å². The monoisotopic (exact) mass is 937 g/mol. The van der Waals surface area contributed by atoms with Crippen molar-refractivity contribution in [2.75, 3.05) is 13.2 Å². The molecule has 0 spiro atoms. The predicted molar refractivity (Wildman–Crippen MR) is 269 cm³/mol. The van der Waals surface area contributed by atoms with E-state index in [1.54, 1.807) is 0 Å². The minimum Gasteiger partial charge on any atom is -0.744 e. The maximum Gasteiger partial charge on any atom is 1.00 e. The number of hydrogen-bond donors (Lipinski definition) is 0. The molecule has 370 valence electrons. The fraction of sp³-hybridized carbons (Fsp3) is 0.786. The normalized spacial score (nSPS) is 11.7. The van der Waals surface area contributed by atoms with Crippen LogP contribution in [0.15, 0.2) is 47.4 Å². The van der Waals surface area contributed by atoms with E-state index < -0.39 is 27.0 Å². The number of unbranched alkanes of at least 4 members (excludes halogenated alkanes) is 36. The van der Waals surface area contributed by atoms with E-state index in [0.717, 1.165) is 44.2 Å². The van der Waals surface area contributed by atoms with E-state index in [0.29, 0.717) is 12.8 Å². The first-order chi connectivity index (χ1) is 31.3. The molecular formula is C56H97NaO7S. The number of esters is 2. The van der Waals surface area contributed by atoms with E-state index in [2.05, 4.69) is 38.2 Å². The van der Waals surface area contributed by atoms with Crippen LogP contribution in [-0.4, -0.2) is 38.1 Å². The van der Waals surface area contributed by atoms with E-state index in [-0.39, 0.29) is 53.9 Å². The number of ether oxygens (including phenoxy) is 2. The van der Waals surface area contributed by atoms with Crippen LogP contribution in [-0.2, 0) is 19.6 Å². The van der Waals surface area contributed by atoms with Crippen LogP contribution < -0.4 is 29.6 Å². The number of hydrogen-bond acceptors (Lipinski definition) is 7. The van der Waals surface area contributed by atoms with E-state index in [4.69, 9.17) is 9.47 Å². The van der Waals surface area contributed by atoms with Crippen LogP contribution in [0, 0.1) is 0 Å². The summed E-state index contributed by atoms with van der Waals surface area (Å²) in [5.41, 5.74) is -0.328. The van der Waals surface area contributed by atoms with Crippen LogP contribution in [0.3, 0.4) is 0 Å². The van der Waals surface area contributed by atoms with Crippen molar-refractivity contribution in [1.82, 2.24) is 0 Å². The molecule has 0 saturated carbocycles. The number of benzene rings is 1. The van der Waals surface area contributed by atoms with E-state index >= 15 is 0 Å². The van der Waals surface area contributed by atoms with Crippen LogP contribution in [0.2, 0.25) is 0 Å². The van der Waals surface area contributed by atoms with Gasteiger partial charge in [0.05, 0.1) is 29.2 Å². The molecule has 7 nitrogen and oxygen atoms in total. The standard InChI is InChI=1S/C56H98O7S.Na/c1-3-5-7-9-11-13-15-17-19-21-23-25-27-29-31-33-35-37-39-41-43-45-49-62-55(57)53-48-47-52(64(59,60)61)51-54(53)56(58)63-50-46-44-42-40-38-36-34-32-30-28-26-24-22-20-18-16-14-12-10-8-6-4-2;/h13-16,47-48,51H,3-12,17-46,49-50H2,1-2H3,(H,59,60,61);/q;+1/p-1/b15-13+,16-14+;. The van der Waals surface area contributed by atoms with Crippen molar-refractivity contribution < 1.29 is 61.6 Å². The summed E-state index contributed by atoms with van der Waals surface area (Å²) in [4.78, 5) is 25.4. The molecule has 65 heavy (non-hydrogen) atoms. The maximum absolute atomic E-state index is 13.0. The molecule has 9 heteroatoms. The van der Waals surface area contributed by atoms with Gasteiger partial charge in [-0.2, -0.15) is 0 Å². The second kappa shape index (κ2) is 47.6. The Hall–Kier alpha value is -1.45.